The van der Waals surface area contributed by atoms with E-state index in [2.05, 4.69) is 12.2 Å². The molecule has 0 aromatic heterocycles. The molecule has 1 saturated carbocycles. The van der Waals surface area contributed by atoms with E-state index in [0.29, 0.717) is 18.6 Å². The molecule has 1 rings (SSSR count). The highest BCUT2D eigenvalue weighted by Gasteiger charge is 2.44. The van der Waals surface area contributed by atoms with Gasteiger partial charge in [-0.2, -0.15) is 0 Å². The number of amides is 1. The van der Waals surface area contributed by atoms with Crippen molar-refractivity contribution in [2.24, 2.45) is 16.7 Å². The number of carbonyl (C=O) groups excluding carboxylic acids is 2. The second kappa shape index (κ2) is 6.59. The van der Waals surface area contributed by atoms with Crippen molar-refractivity contribution in [3.8, 4) is 0 Å². The summed E-state index contributed by atoms with van der Waals surface area (Å²) < 4.78 is 5.05. The molecule has 1 aliphatic rings. The molecule has 1 fully saturated rings. The lowest BCUT2D eigenvalue weighted by molar-refractivity contribution is -0.156. The summed E-state index contributed by atoms with van der Waals surface area (Å²) in [7, 11) is 0. The Bertz CT molecular complexity index is 353. The molecule has 116 valence electrons. The normalized spacial score (nSPS) is 18.2. The molecule has 20 heavy (non-hydrogen) atoms. The van der Waals surface area contributed by atoms with Gasteiger partial charge in [-0.25, -0.2) is 0 Å². The fourth-order valence-corrected chi connectivity index (χ4v) is 2.68. The first-order valence-electron chi connectivity index (χ1n) is 7.70. The molecule has 0 bridgehead atoms. The molecule has 0 aliphatic heterocycles. The van der Waals surface area contributed by atoms with Gasteiger partial charge in [0.25, 0.3) is 0 Å². The maximum absolute atomic E-state index is 12.4. The molecule has 0 radical (unpaired) electrons. The molecule has 1 N–H and O–H groups in total. The highest BCUT2D eigenvalue weighted by Crippen LogP contribution is 2.49. The van der Waals surface area contributed by atoms with Crippen LogP contribution >= 0.6 is 0 Å². The second-order valence-corrected chi connectivity index (χ2v) is 7.02. The summed E-state index contributed by atoms with van der Waals surface area (Å²) in [6.07, 6.45) is 4.64. The van der Waals surface area contributed by atoms with Crippen LogP contribution in [0.25, 0.3) is 0 Å². The van der Waals surface area contributed by atoms with E-state index in [4.69, 9.17) is 4.74 Å². The van der Waals surface area contributed by atoms with Crippen LogP contribution in [-0.2, 0) is 14.3 Å². The average Bonchev–Trinajstić information content (AvgIpc) is 3.06. The standard InChI is InChI=1S/C16H29NO3/c1-6-8-16(9-10-16)11-17-13(18)12(15(3,4)5)14(19)20-7-2/h12H,6-11H2,1-5H3,(H,17,18). The average molecular weight is 283 g/mol. The van der Waals surface area contributed by atoms with Gasteiger partial charge >= 0.3 is 5.97 Å². The highest BCUT2D eigenvalue weighted by molar-refractivity contribution is 5.98. The minimum Gasteiger partial charge on any atom is -0.465 e. The monoisotopic (exact) mass is 283 g/mol. The van der Waals surface area contributed by atoms with Crippen molar-refractivity contribution < 1.29 is 14.3 Å². The van der Waals surface area contributed by atoms with Crippen LogP contribution < -0.4 is 5.32 Å². The van der Waals surface area contributed by atoms with Gasteiger partial charge in [-0.1, -0.05) is 34.1 Å². The Hall–Kier alpha value is -1.06. The molecule has 0 spiro atoms. The van der Waals surface area contributed by atoms with Gasteiger partial charge in [0, 0.05) is 6.54 Å². The van der Waals surface area contributed by atoms with E-state index in [-0.39, 0.29) is 5.91 Å². The van der Waals surface area contributed by atoms with Crippen molar-refractivity contribution in [3.05, 3.63) is 0 Å². The molecule has 0 aromatic rings. The van der Waals surface area contributed by atoms with Gasteiger partial charge in [0.05, 0.1) is 6.61 Å². The molecule has 0 heterocycles. The minimum absolute atomic E-state index is 0.196. The van der Waals surface area contributed by atoms with Crippen molar-refractivity contribution >= 4 is 11.9 Å². The zero-order valence-electron chi connectivity index (χ0n) is 13.5. The van der Waals surface area contributed by atoms with E-state index in [1.54, 1.807) is 6.92 Å². The lowest BCUT2D eigenvalue weighted by Gasteiger charge is -2.28. The predicted octanol–water partition coefficient (Wildman–Crippen LogP) is 2.91. The van der Waals surface area contributed by atoms with Crippen molar-refractivity contribution in [3.63, 3.8) is 0 Å². The Morgan fingerprint density at radius 3 is 2.25 bits per heavy atom. The number of rotatable bonds is 7. The fourth-order valence-electron chi connectivity index (χ4n) is 2.68. The molecule has 1 amide bonds. The third kappa shape index (κ3) is 4.50. The summed E-state index contributed by atoms with van der Waals surface area (Å²) in [5.41, 5.74) is -0.140. The van der Waals surface area contributed by atoms with Gasteiger partial charge in [0.1, 0.15) is 5.92 Å². The van der Waals surface area contributed by atoms with E-state index >= 15 is 0 Å². The lowest BCUT2D eigenvalue weighted by atomic mass is 9.80. The largest absolute Gasteiger partial charge is 0.465 e. The summed E-state index contributed by atoms with van der Waals surface area (Å²) >= 11 is 0. The number of ether oxygens (including phenoxy) is 1. The SMILES string of the molecule is CCCC1(CNC(=O)C(C(=O)OCC)C(C)(C)C)CC1. The first-order chi connectivity index (χ1) is 9.25. The Kier molecular flexibility index (Phi) is 5.60. The Labute approximate surface area is 122 Å². The van der Waals surface area contributed by atoms with E-state index in [1.807, 2.05) is 20.8 Å². The topological polar surface area (TPSA) is 55.4 Å². The van der Waals surface area contributed by atoms with Gasteiger partial charge in [-0.05, 0) is 37.0 Å². The van der Waals surface area contributed by atoms with Gasteiger partial charge in [0.15, 0.2) is 0 Å². The zero-order valence-corrected chi connectivity index (χ0v) is 13.5. The number of hydrogen-bond donors (Lipinski definition) is 1. The second-order valence-electron chi connectivity index (χ2n) is 7.02. The summed E-state index contributed by atoms with van der Waals surface area (Å²) in [6, 6.07) is 0. The lowest BCUT2D eigenvalue weighted by Crippen LogP contribution is -2.45. The Morgan fingerprint density at radius 1 is 1.25 bits per heavy atom. The molecule has 0 saturated heterocycles. The molecular weight excluding hydrogens is 254 g/mol. The highest BCUT2D eigenvalue weighted by atomic mass is 16.5. The zero-order chi connectivity index (χ0) is 15.4. The number of carbonyl (C=O) groups is 2. The summed E-state index contributed by atoms with van der Waals surface area (Å²) in [5.74, 6) is -1.35. The molecule has 0 aromatic carbocycles. The van der Waals surface area contributed by atoms with Gasteiger partial charge in [-0.15, -0.1) is 0 Å². The Balaban J connectivity index is 2.62. The summed E-state index contributed by atoms with van der Waals surface area (Å²) in [5, 5.41) is 2.98. The van der Waals surface area contributed by atoms with Crippen LogP contribution in [0.2, 0.25) is 0 Å². The number of nitrogens with one attached hydrogen (secondary N) is 1. The van der Waals surface area contributed by atoms with Crippen LogP contribution in [0.15, 0.2) is 0 Å². The quantitative estimate of drug-likeness (QED) is 0.577. The Morgan fingerprint density at radius 2 is 1.85 bits per heavy atom. The first-order valence-corrected chi connectivity index (χ1v) is 7.70. The number of esters is 1. The first kappa shape index (κ1) is 17.0. The molecule has 1 unspecified atom stereocenters. The predicted molar refractivity (Wildman–Crippen MR) is 79.2 cm³/mol. The van der Waals surface area contributed by atoms with Gasteiger partial charge < -0.3 is 10.1 Å². The van der Waals surface area contributed by atoms with Crippen LogP contribution in [0.5, 0.6) is 0 Å². The van der Waals surface area contributed by atoms with Crippen LogP contribution in [0.1, 0.15) is 60.3 Å². The third-order valence-electron chi connectivity index (χ3n) is 4.03. The summed E-state index contributed by atoms with van der Waals surface area (Å²) in [6.45, 7) is 10.6. The molecule has 1 atom stereocenters. The molecule has 1 aliphatic carbocycles. The van der Waals surface area contributed by atoms with Gasteiger partial charge in [0.2, 0.25) is 5.91 Å². The fraction of sp³-hybridized carbons (Fsp3) is 0.875. The smallest absolute Gasteiger partial charge is 0.319 e. The maximum atomic E-state index is 12.4. The van der Waals surface area contributed by atoms with Crippen LogP contribution in [0.4, 0.5) is 0 Å². The number of hydrogen-bond acceptors (Lipinski definition) is 3. The third-order valence-corrected chi connectivity index (χ3v) is 4.03. The molecule has 4 nitrogen and oxygen atoms in total. The van der Waals surface area contributed by atoms with E-state index in [0.717, 1.165) is 12.8 Å². The van der Waals surface area contributed by atoms with Crippen LogP contribution in [0.3, 0.4) is 0 Å². The summed E-state index contributed by atoms with van der Waals surface area (Å²) in [4.78, 5) is 24.4. The van der Waals surface area contributed by atoms with Crippen molar-refractivity contribution in [2.75, 3.05) is 13.2 Å². The minimum atomic E-state index is -0.736. The van der Waals surface area contributed by atoms with Crippen LogP contribution in [-0.4, -0.2) is 25.0 Å². The molecular formula is C16H29NO3. The van der Waals surface area contributed by atoms with E-state index in [9.17, 15) is 9.59 Å². The maximum Gasteiger partial charge on any atom is 0.319 e. The molecule has 4 heteroatoms. The van der Waals surface area contributed by atoms with Crippen LogP contribution in [0, 0.1) is 16.7 Å². The van der Waals surface area contributed by atoms with E-state index in [1.165, 1.54) is 12.8 Å². The van der Waals surface area contributed by atoms with Crippen molar-refractivity contribution in [1.29, 1.82) is 0 Å². The van der Waals surface area contributed by atoms with Crippen molar-refractivity contribution in [1.82, 2.24) is 5.32 Å². The van der Waals surface area contributed by atoms with Gasteiger partial charge in [-0.3, -0.25) is 9.59 Å². The van der Waals surface area contributed by atoms with E-state index < -0.39 is 17.3 Å². The van der Waals surface area contributed by atoms with Crippen molar-refractivity contribution in [2.45, 2.75) is 60.3 Å².